The second kappa shape index (κ2) is 7.33. The molecule has 3 rings (SSSR count). The van der Waals surface area contributed by atoms with Crippen LogP contribution >= 0.6 is 0 Å². The van der Waals surface area contributed by atoms with E-state index in [2.05, 4.69) is 20.3 Å². The molecule has 0 aliphatic heterocycles. The second-order valence-corrected chi connectivity index (χ2v) is 6.15. The number of aromatic nitrogens is 3. The molecule has 0 aliphatic carbocycles. The van der Waals surface area contributed by atoms with E-state index in [9.17, 15) is 14.0 Å². The van der Waals surface area contributed by atoms with Crippen molar-refractivity contribution < 1.29 is 12.0 Å². The molecule has 0 fully saturated rings. The van der Waals surface area contributed by atoms with Crippen molar-refractivity contribution in [1.82, 2.24) is 20.3 Å². The van der Waals surface area contributed by atoms with Crippen LogP contribution in [0.3, 0.4) is 0 Å². The number of carbonyl (C=O) groups excluding carboxylic acids is 1. The quantitative estimate of drug-likeness (QED) is 0.734. The second-order valence-electron chi connectivity index (χ2n) is 6.15. The summed E-state index contributed by atoms with van der Waals surface area (Å²) < 4.78 is 13.5. The number of benzene rings is 1. The first kappa shape index (κ1) is 18.2. The molecule has 27 heavy (non-hydrogen) atoms. The number of carbonyl (C=O) groups is 1. The molecule has 0 radical (unpaired) electrons. The van der Waals surface area contributed by atoms with Crippen molar-refractivity contribution >= 4 is 16.8 Å². The van der Waals surface area contributed by atoms with Crippen molar-refractivity contribution in [3.63, 3.8) is 0 Å². The average molecular weight is 369 g/mol. The third-order valence-electron chi connectivity index (χ3n) is 4.31. The molecule has 2 heterocycles. The lowest BCUT2D eigenvalue weighted by Gasteiger charge is -2.14. The van der Waals surface area contributed by atoms with Gasteiger partial charge < -0.3 is 10.3 Å². The monoisotopic (exact) mass is 369 g/mol. The van der Waals surface area contributed by atoms with Gasteiger partial charge in [-0.3, -0.25) is 14.6 Å². The minimum atomic E-state index is -0.449. The average Bonchev–Trinajstić information content (AvgIpc) is 2.66. The van der Waals surface area contributed by atoms with Crippen LogP contribution in [0, 0.1) is 24.1 Å². The maximum atomic E-state index is 13.5. The van der Waals surface area contributed by atoms with Gasteiger partial charge in [0.05, 0.1) is 30.6 Å². The van der Waals surface area contributed by atoms with Gasteiger partial charge in [0.1, 0.15) is 11.9 Å². The third-order valence-corrected chi connectivity index (χ3v) is 4.31. The predicted molar refractivity (Wildman–Crippen MR) is 101 cm³/mol. The molecule has 7 nitrogen and oxygen atoms in total. The van der Waals surface area contributed by atoms with E-state index < -0.39 is 11.9 Å². The Morgan fingerprint density at radius 3 is 2.85 bits per heavy atom. The van der Waals surface area contributed by atoms with Crippen molar-refractivity contribution in [2.75, 3.05) is 0 Å². The number of hydrogen-bond donors (Lipinski definition) is 2. The Balaban J connectivity index is 0.00000210. The van der Waals surface area contributed by atoms with Gasteiger partial charge in [0, 0.05) is 19.3 Å². The maximum Gasteiger partial charge on any atom is 0.252 e. The predicted octanol–water partition coefficient (Wildman–Crippen LogP) is 2.55. The van der Waals surface area contributed by atoms with Crippen LogP contribution in [0.2, 0.25) is 0 Å². The van der Waals surface area contributed by atoms with Gasteiger partial charge in [0.15, 0.2) is 5.69 Å². The number of nitrogens with zero attached hydrogens (tertiary/aromatic N) is 3. The number of amides is 1. The van der Waals surface area contributed by atoms with Crippen LogP contribution in [-0.4, -0.2) is 20.9 Å². The van der Waals surface area contributed by atoms with Crippen molar-refractivity contribution in [1.29, 1.82) is 5.26 Å². The lowest BCUT2D eigenvalue weighted by Crippen LogP contribution is -2.31. The molecule has 1 amide bonds. The van der Waals surface area contributed by atoms with Crippen LogP contribution in [0.4, 0.5) is 4.39 Å². The van der Waals surface area contributed by atoms with E-state index in [0.717, 1.165) is 0 Å². The first-order valence-corrected chi connectivity index (χ1v) is 8.21. The van der Waals surface area contributed by atoms with E-state index in [1.807, 2.05) is 6.07 Å². The molecule has 1 aromatic carbocycles. The Bertz CT molecular complexity index is 1130. The fourth-order valence-electron chi connectivity index (χ4n) is 2.83. The number of pyridine rings is 1. The van der Waals surface area contributed by atoms with E-state index in [1.54, 1.807) is 13.8 Å². The molecule has 2 aromatic heterocycles. The van der Waals surface area contributed by atoms with Crippen molar-refractivity contribution in [3.8, 4) is 6.07 Å². The Morgan fingerprint density at radius 1 is 1.41 bits per heavy atom. The van der Waals surface area contributed by atoms with Gasteiger partial charge in [-0.05, 0) is 37.6 Å². The SMILES string of the molecule is Cc1c(CC(=O)N[C@@H](C)c2cnc(C#N)cn2)c(=O)[nH]c2ccc(F)cc12.[HH].[HH]. The summed E-state index contributed by atoms with van der Waals surface area (Å²) in [6.45, 7) is 3.41. The normalized spacial score (nSPS) is 11.8. The first-order valence-electron chi connectivity index (χ1n) is 8.21. The summed E-state index contributed by atoms with van der Waals surface area (Å²) >= 11 is 0. The topological polar surface area (TPSA) is 112 Å². The Labute approximate surface area is 156 Å². The zero-order chi connectivity index (χ0) is 19.6. The zero-order valence-corrected chi connectivity index (χ0v) is 14.7. The molecular weight excluding hydrogens is 349 g/mol. The molecule has 3 aromatic rings. The van der Waals surface area contributed by atoms with Crippen LogP contribution in [0.5, 0.6) is 0 Å². The van der Waals surface area contributed by atoms with Crippen molar-refractivity contribution in [3.05, 3.63) is 69.3 Å². The number of nitriles is 1. The summed E-state index contributed by atoms with van der Waals surface area (Å²) in [6, 6.07) is 5.52. The molecule has 0 aliphatic rings. The molecule has 140 valence electrons. The summed E-state index contributed by atoms with van der Waals surface area (Å²) in [5.74, 6) is -0.793. The van der Waals surface area contributed by atoms with Crippen LogP contribution in [0.15, 0.2) is 35.4 Å². The third kappa shape index (κ3) is 3.82. The van der Waals surface area contributed by atoms with E-state index >= 15 is 0 Å². The van der Waals surface area contributed by atoms with Gasteiger partial charge in [-0.1, -0.05) is 0 Å². The highest BCUT2D eigenvalue weighted by Crippen LogP contribution is 2.19. The van der Waals surface area contributed by atoms with Crippen LogP contribution in [0.25, 0.3) is 10.9 Å². The number of H-pyrrole nitrogens is 1. The number of hydrogen-bond acceptors (Lipinski definition) is 5. The number of rotatable bonds is 4. The molecule has 0 spiro atoms. The molecule has 0 saturated heterocycles. The Morgan fingerprint density at radius 2 is 2.19 bits per heavy atom. The van der Waals surface area contributed by atoms with Crippen LogP contribution in [0.1, 0.15) is 38.3 Å². The summed E-state index contributed by atoms with van der Waals surface area (Å²) in [7, 11) is 0. The van der Waals surface area contributed by atoms with Gasteiger partial charge in [-0.25, -0.2) is 9.37 Å². The summed E-state index contributed by atoms with van der Waals surface area (Å²) in [6.07, 6.45) is 2.59. The first-order chi connectivity index (χ1) is 12.9. The Hall–Kier alpha value is -3.60. The highest BCUT2D eigenvalue weighted by molar-refractivity contribution is 5.85. The molecular formula is C19H20FN5O2. The highest BCUT2D eigenvalue weighted by atomic mass is 19.1. The number of nitrogens with one attached hydrogen (secondary N) is 2. The molecule has 0 saturated carbocycles. The lowest BCUT2D eigenvalue weighted by atomic mass is 10.0. The molecule has 8 heteroatoms. The molecule has 0 bridgehead atoms. The van der Waals surface area contributed by atoms with E-state index in [-0.39, 0.29) is 32.0 Å². The van der Waals surface area contributed by atoms with Gasteiger partial charge in [-0.2, -0.15) is 5.26 Å². The van der Waals surface area contributed by atoms with Gasteiger partial charge in [0.2, 0.25) is 5.91 Å². The minimum Gasteiger partial charge on any atom is -0.348 e. The largest absolute Gasteiger partial charge is 0.348 e. The fourth-order valence-corrected chi connectivity index (χ4v) is 2.83. The smallest absolute Gasteiger partial charge is 0.252 e. The van der Waals surface area contributed by atoms with Gasteiger partial charge in [-0.15, -0.1) is 0 Å². The number of aryl methyl sites for hydroxylation is 1. The van der Waals surface area contributed by atoms with Crippen LogP contribution < -0.4 is 10.9 Å². The fraction of sp³-hybridized carbons (Fsp3) is 0.211. The summed E-state index contributed by atoms with van der Waals surface area (Å²) in [4.78, 5) is 35.4. The summed E-state index contributed by atoms with van der Waals surface area (Å²) in [5.41, 5.74) is 1.66. The van der Waals surface area contributed by atoms with Gasteiger partial charge >= 0.3 is 0 Å². The summed E-state index contributed by atoms with van der Waals surface area (Å²) in [5, 5.41) is 12.0. The Kier molecular flexibility index (Phi) is 4.94. The van der Waals surface area contributed by atoms with Crippen molar-refractivity contribution in [2.45, 2.75) is 26.3 Å². The zero-order valence-electron chi connectivity index (χ0n) is 14.7. The standard InChI is InChI=1S/C19H16FN5O2.2H2/c1-10-14-5-12(20)3-4-16(14)25-19(27)15(10)6-18(26)24-11(2)17-9-22-13(7-21)8-23-17;;/h3-5,8-9,11H,6H2,1-2H3,(H,24,26)(H,25,27);2*1H/t11-;;/m0../s1. The minimum absolute atomic E-state index is 0. The van der Waals surface area contributed by atoms with E-state index in [1.165, 1.54) is 30.6 Å². The van der Waals surface area contributed by atoms with Crippen molar-refractivity contribution in [2.24, 2.45) is 0 Å². The van der Waals surface area contributed by atoms with E-state index in [4.69, 9.17) is 5.26 Å². The molecule has 1 atom stereocenters. The van der Waals surface area contributed by atoms with E-state index in [0.29, 0.717) is 22.2 Å². The number of aromatic amines is 1. The molecule has 2 N–H and O–H groups in total. The number of halogens is 1. The lowest BCUT2D eigenvalue weighted by molar-refractivity contribution is -0.121. The molecule has 0 unspecified atom stereocenters. The number of fused-ring (bicyclic) bond motifs is 1. The van der Waals surface area contributed by atoms with Gasteiger partial charge in [0.25, 0.3) is 5.56 Å². The van der Waals surface area contributed by atoms with Crippen LogP contribution in [-0.2, 0) is 11.2 Å². The maximum absolute atomic E-state index is 13.5. The highest BCUT2D eigenvalue weighted by Gasteiger charge is 2.16.